The zero-order valence-electron chi connectivity index (χ0n) is 46.7. The Morgan fingerprint density at radius 1 is 0.303 bits per heavy atom. The molecule has 406 valence electrons. The molecule has 0 unspecified atom stereocenters. The van der Waals surface area contributed by atoms with Gasteiger partial charge in [0.25, 0.3) is 0 Å². The molecule has 0 N–H and O–H groups in total. The van der Waals surface area contributed by atoms with Gasteiger partial charge in [-0.15, -0.1) is 11.3 Å². The zero-order chi connectivity index (χ0) is 59.8. The quantitative estimate of drug-likeness (QED) is 0.159. The first-order valence-corrected chi connectivity index (χ1v) is 29.4. The molecule has 11 aromatic carbocycles. The van der Waals surface area contributed by atoms with Crippen molar-refractivity contribution in [1.29, 1.82) is 31.6 Å². The smallest absolute Gasteiger partial charge is 0.163 e. The molecular weight excluding hydrogens is 1110 g/mol. The molecule has 0 radical (unpaired) electrons. The highest BCUT2D eigenvalue weighted by atomic mass is 32.1. The molecular formula is C77H37N11S. The van der Waals surface area contributed by atoms with Crippen molar-refractivity contribution in [3.63, 3.8) is 0 Å². The highest BCUT2D eigenvalue weighted by Crippen LogP contribution is 2.52. The van der Waals surface area contributed by atoms with Crippen LogP contribution in [0.15, 0.2) is 224 Å². The Kier molecular flexibility index (Phi) is 10.9. The number of pyridine rings is 1. The first-order valence-electron chi connectivity index (χ1n) is 28.6. The van der Waals surface area contributed by atoms with Crippen molar-refractivity contribution in [3.05, 3.63) is 258 Å². The highest BCUT2D eigenvalue weighted by Gasteiger charge is 2.33. The number of hydrogen-bond donors (Lipinski definition) is 0. The van der Waals surface area contributed by atoms with Gasteiger partial charge in [-0.1, -0.05) is 78.9 Å². The lowest BCUT2D eigenvalue weighted by atomic mass is 9.95. The molecule has 0 atom stereocenters. The van der Waals surface area contributed by atoms with Gasteiger partial charge < -0.3 is 13.7 Å². The molecule has 0 fully saturated rings. The fraction of sp³-hybridized carbons (Fsp3) is 0. The van der Waals surface area contributed by atoms with Crippen molar-refractivity contribution >= 4 is 119 Å². The van der Waals surface area contributed by atoms with Crippen LogP contribution in [0.2, 0.25) is 0 Å². The minimum Gasteiger partial charge on any atom is -0.309 e. The molecule has 0 amide bonds. The molecule has 6 aromatic heterocycles. The molecule has 89 heavy (non-hydrogen) atoms. The first kappa shape index (κ1) is 50.4. The number of fused-ring (bicyclic) bond motifs is 15. The maximum absolute atomic E-state index is 10.6. The van der Waals surface area contributed by atoms with E-state index in [-0.39, 0.29) is 0 Å². The van der Waals surface area contributed by atoms with Crippen molar-refractivity contribution in [2.75, 3.05) is 0 Å². The molecule has 17 rings (SSSR count). The number of benzene rings is 11. The number of hydrogen-bond acceptors (Lipinski definition) is 8. The summed E-state index contributed by atoms with van der Waals surface area (Å²) in [4.78, 5) is 6.28. The van der Waals surface area contributed by atoms with E-state index in [1.807, 2.05) is 127 Å². The molecule has 0 aliphatic heterocycles. The summed E-state index contributed by atoms with van der Waals surface area (Å²) in [5.41, 5.74) is 14.4. The van der Waals surface area contributed by atoms with Crippen LogP contribution < -0.4 is 0 Å². The van der Waals surface area contributed by atoms with Crippen LogP contribution in [0.25, 0.3) is 153 Å². The molecule has 6 heterocycles. The Bertz CT molecular complexity index is 6110. The first-order chi connectivity index (χ1) is 43.9. The van der Waals surface area contributed by atoms with Gasteiger partial charge in [-0.3, -0.25) is 4.57 Å². The van der Waals surface area contributed by atoms with Crippen LogP contribution in [0, 0.1) is 68.0 Å². The van der Waals surface area contributed by atoms with Crippen LogP contribution in [0.5, 0.6) is 0 Å². The lowest BCUT2D eigenvalue weighted by molar-refractivity contribution is 1.01. The zero-order valence-corrected chi connectivity index (χ0v) is 47.5. The maximum atomic E-state index is 10.6. The van der Waals surface area contributed by atoms with Gasteiger partial charge >= 0.3 is 0 Å². The van der Waals surface area contributed by atoms with Crippen molar-refractivity contribution < 1.29 is 0 Å². The summed E-state index contributed by atoms with van der Waals surface area (Å²) in [5.74, 6) is 0.491. The van der Waals surface area contributed by atoms with E-state index in [2.05, 4.69) is 152 Å². The molecule has 0 saturated heterocycles. The Labute approximate surface area is 510 Å². The lowest BCUT2D eigenvalue weighted by Gasteiger charge is -2.26. The Hall–Kier alpha value is -13.1. The van der Waals surface area contributed by atoms with Crippen molar-refractivity contribution in [1.82, 2.24) is 23.3 Å². The molecule has 17 aromatic rings. The topological polar surface area (TPSA) is 175 Å². The third kappa shape index (κ3) is 7.28. The molecule has 0 saturated carbocycles. The van der Waals surface area contributed by atoms with E-state index in [9.17, 15) is 31.6 Å². The van der Waals surface area contributed by atoms with Crippen LogP contribution in [0.1, 0.15) is 33.4 Å². The molecule has 0 spiro atoms. The van der Waals surface area contributed by atoms with E-state index in [0.29, 0.717) is 56.3 Å². The van der Waals surface area contributed by atoms with E-state index < -0.39 is 0 Å². The van der Waals surface area contributed by atoms with Crippen LogP contribution in [0.3, 0.4) is 0 Å². The third-order valence-corrected chi connectivity index (χ3v) is 18.7. The number of para-hydroxylation sites is 2. The van der Waals surface area contributed by atoms with Gasteiger partial charge in [0.15, 0.2) is 5.82 Å². The van der Waals surface area contributed by atoms with Crippen LogP contribution in [-0.4, -0.2) is 23.3 Å². The number of nitrogens with zero attached hydrogens (tertiary/aromatic N) is 11. The van der Waals surface area contributed by atoms with E-state index in [1.54, 1.807) is 11.3 Å². The Morgan fingerprint density at radius 2 is 0.697 bits per heavy atom. The second-order valence-electron chi connectivity index (χ2n) is 22.1. The van der Waals surface area contributed by atoms with Crippen molar-refractivity contribution in [2.24, 2.45) is 0 Å². The van der Waals surface area contributed by atoms with E-state index in [4.69, 9.17) is 4.98 Å². The summed E-state index contributed by atoms with van der Waals surface area (Å²) in [5, 5.41) is 72.1. The lowest BCUT2D eigenvalue weighted by Crippen LogP contribution is -2.13. The van der Waals surface area contributed by atoms with Gasteiger partial charge in [-0.05, 0) is 146 Å². The van der Waals surface area contributed by atoms with E-state index in [0.717, 1.165) is 130 Å². The van der Waals surface area contributed by atoms with Gasteiger partial charge in [-0.25, -0.2) is 4.98 Å². The second kappa shape index (κ2) is 19.2. The van der Waals surface area contributed by atoms with E-state index in [1.165, 1.54) is 0 Å². The van der Waals surface area contributed by atoms with Crippen molar-refractivity contribution in [3.8, 4) is 81.7 Å². The van der Waals surface area contributed by atoms with Gasteiger partial charge in [0.2, 0.25) is 0 Å². The monoisotopic (exact) mass is 1150 g/mol. The molecule has 11 nitrogen and oxygen atoms in total. The standard InChI is InChI=1S/C77H37N11S/c78-38-44-17-24-65-56(31-44)57-32-45(39-79)18-25-66(57)86(65)74-72(55-14-8-13-54-53-12-5-7-16-71(53)89-76(54)55)75(87-67-26-19-46(40-80)33-58(67)59-34-47(41-81)20-27-68(59)87)77(88-69-28-21-48(42-82)35-60(69)61-36-49(43-83)22-29-70(61)88)84-73(74)50-23-30-64-62(37-50)52-11-4-6-15-63(52)85(64)51-9-2-1-3-10-51/h1-37H. The number of aromatic nitrogens is 5. The SMILES string of the molecule is N#Cc1ccc2c(c1)c1cc(C#N)ccc1n2-c1nc(-c2ccc3c(c2)c2ccccc2n3-c2ccccc2)c(-n2c3ccc(C#N)cc3c3cc(C#N)ccc32)c(-c2cccc3c2sc2ccccc23)c1-n1c2ccc(C#N)cc2c2cc(C#N)ccc21. The maximum Gasteiger partial charge on any atom is 0.163 e. The Balaban J connectivity index is 1.18. The predicted molar refractivity (Wildman–Crippen MR) is 354 cm³/mol. The van der Waals surface area contributed by atoms with Crippen molar-refractivity contribution in [2.45, 2.75) is 0 Å². The predicted octanol–water partition coefficient (Wildman–Crippen LogP) is 18.4. The fourth-order valence-electron chi connectivity index (χ4n) is 13.7. The fourth-order valence-corrected chi connectivity index (χ4v) is 14.9. The molecule has 0 aliphatic carbocycles. The number of nitriles is 6. The Morgan fingerprint density at radius 3 is 1.20 bits per heavy atom. The van der Waals surface area contributed by atoms with Crippen LogP contribution in [-0.2, 0) is 0 Å². The van der Waals surface area contributed by atoms with Gasteiger partial charge in [0, 0.05) is 85.6 Å². The largest absolute Gasteiger partial charge is 0.309 e. The third-order valence-electron chi connectivity index (χ3n) is 17.5. The number of thiophene rings is 1. The number of rotatable bonds is 6. The summed E-state index contributed by atoms with van der Waals surface area (Å²) in [7, 11) is 0. The summed E-state index contributed by atoms with van der Waals surface area (Å²) in [6.07, 6.45) is 0. The average molecular weight is 1150 g/mol. The summed E-state index contributed by atoms with van der Waals surface area (Å²) < 4.78 is 11.0. The molecule has 0 bridgehead atoms. The van der Waals surface area contributed by atoms with Crippen LogP contribution >= 0.6 is 11.3 Å². The van der Waals surface area contributed by atoms with Gasteiger partial charge in [-0.2, -0.15) is 31.6 Å². The summed E-state index contributed by atoms with van der Waals surface area (Å²) in [6.45, 7) is 0. The van der Waals surface area contributed by atoms with Gasteiger partial charge in [0.05, 0.1) is 131 Å². The molecule has 0 aliphatic rings. The highest BCUT2D eigenvalue weighted by molar-refractivity contribution is 7.26. The van der Waals surface area contributed by atoms with E-state index >= 15 is 0 Å². The normalized spacial score (nSPS) is 11.5. The minimum absolute atomic E-state index is 0.440. The average Bonchev–Trinajstić information content (AvgIpc) is 1.28. The van der Waals surface area contributed by atoms with Gasteiger partial charge in [0.1, 0.15) is 0 Å². The molecule has 12 heteroatoms. The minimum atomic E-state index is 0.440. The summed E-state index contributed by atoms with van der Waals surface area (Å²) >= 11 is 1.70. The van der Waals surface area contributed by atoms with Crippen LogP contribution in [0.4, 0.5) is 0 Å². The second-order valence-corrected chi connectivity index (χ2v) is 23.2. The summed E-state index contributed by atoms with van der Waals surface area (Å²) in [6, 6.07) is 88.5.